The highest BCUT2D eigenvalue weighted by atomic mass is 16.6. The summed E-state index contributed by atoms with van der Waals surface area (Å²) in [5.74, 6) is -0.880. The van der Waals surface area contributed by atoms with Gasteiger partial charge in [-0.15, -0.1) is 6.58 Å². The van der Waals surface area contributed by atoms with Gasteiger partial charge in [0.25, 0.3) is 0 Å². The molecule has 1 N–H and O–H groups in total. The third kappa shape index (κ3) is 3.42. The Morgan fingerprint density at radius 2 is 1.90 bits per heavy atom. The molecule has 0 spiro atoms. The highest BCUT2D eigenvalue weighted by molar-refractivity contribution is 5.77. The van der Waals surface area contributed by atoms with Gasteiger partial charge in [-0.3, -0.25) is 4.79 Å². The van der Waals surface area contributed by atoms with E-state index in [0.717, 1.165) is 5.56 Å². The molecule has 1 saturated heterocycles. The maximum absolute atomic E-state index is 12.0. The van der Waals surface area contributed by atoms with Gasteiger partial charge in [0.2, 0.25) is 0 Å². The van der Waals surface area contributed by atoms with Crippen molar-refractivity contribution in [2.75, 3.05) is 13.1 Å². The zero-order valence-electron chi connectivity index (χ0n) is 11.8. The molecule has 1 aromatic carbocycles. The normalized spacial score (nSPS) is 17.0. The Morgan fingerprint density at radius 1 is 1.29 bits per heavy atom. The average molecular weight is 289 g/mol. The summed E-state index contributed by atoms with van der Waals surface area (Å²) >= 11 is 0. The predicted octanol–water partition coefficient (Wildman–Crippen LogP) is 2.68. The van der Waals surface area contributed by atoms with Crippen LogP contribution >= 0.6 is 0 Å². The number of rotatable bonds is 4. The third-order valence-electron chi connectivity index (χ3n) is 3.94. The summed E-state index contributed by atoms with van der Waals surface area (Å²) in [4.78, 5) is 24.8. The number of ether oxygens (including phenoxy) is 1. The number of likely N-dealkylation sites (tertiary alicyclic amines) is 1. The molecule has 1 aliphatic rings. The summed E-state index contributed by atoms with van der Waals surface area (Å²) in [5.41, 5.74) is 0.00442. The first-order chi connectivity index (χ1) is 10.1. The van der Waals surface area contributed by atoms with Crippen molar-refractivity contribution < 1.29 is 19.4 Å². The zero-order valence-corrected chi connectivity index (χ0v) is 11.8. The van der Waals surface area contributed by atoms with E-state index in [2.05, 4.69) is 6.58 Å². The number of hydrogen-bond donors (Lipinski definition) is 1. The average Bonchev–Trinajstić information content (AvgIpc) is 2.53. The van der Waals surface area contributed by atoms with Crippen LogP contribution in [0.25, 0.3) is 0 Å². The van der Waals surface area contributed by atoms with E-state index in [4.69, 9.17) is 4.74 Å². The Kier molecular flexibility index (Phi) is 4.62. The number of carboxylic acids is 1. The third-order valence-corrected chi connectivity index (χ3v) is 3.94. The lowest BCUT2D eigenvalue weighted by Gasteiger charge is -2.36. The van der Waals surface area contributed by atoms with Gasteiger partial charge in [0.05, 0.1) is 5.41 Å². The quantitative estimate of drug-likeness (QED) is 0.865. The topological polar surface area (TPSA) is 66.8 Å². The summed E-state index contributed by atoms with van der Waals surface area (Å²) < 4.78 is 5.24. The van der Waals surface area contributed by atoms with Crippen LogP contribution in [0.3, 0.4) is 0 Å². The Labute approximate surface area is 123 Å². The standard InChI is InChI=1S/C16H19NO4/c1-2-16(14(18)19)8-10-17(11-9-16)15(20)21-12-13-6-4-3-5-7-13/h2-7H,1,8-12H2,(H,18,19). The Balaban J connectivity index is 1.86. The van der Waals surface area contributed by atoms with E-state index in [-0.39, 0.29) is 6.61 Å². The molecule has 0 aromatic heterocycles. The largest absolute Gasteiger partial charge is 0.481 e. The van der Waals surface area contributed by atoms with E-state index in [1.807, 2.05) is 30.3 Å². The first-order valence-electron chi connectivity index (χ1n) is 6.90. The fraction of sp³-hybridized carbons (Fsp3) is 0.375. The minimum absolute atomic E-state index is 0.224. The molecule has 0 unspecified atom stereocenters. The minimum Gasteiger partial charge on any atom is -0.481 e. The second kappa shape index (κ2) is 6.43. The summed E-state index contributed by atoms with van der Waals surface area (Å²) in [5, 5.41) is 9.26. The van der Waals surface area contributed by atoms with Crippen molar-refractivity contribution in [2.24, 2.45) is 5.41 Å². The molecule has 0 atom stereocenters. The molecular weight excluding hydrogens is 270 g/mol. The number of nitrogens with zero attached hydrogens (tertiary/aromatic N) is 1. The van der Waals surface area contributed by atoms with Crippen LogP contribution < -0.4 is 0 Å². The fourth-order valence-electron chi connectivity index (χ4n) is 2.40. The first kappa shape index (κ1) is 15.1. The number of carboxylic acid groups (broad SMARTS) is 1. The van der Waals surface area contributed by atoms with Crippen molar-refractivity contribution >= 4 is 12.1 Å². The number of benzene rings is 1. The molecule has 0 bridgehead atoms. The second-order valence-corrected chi connectivity index (χ2v) is 5.19. The molecule has 1 amide bonds. The molecule has 21 heavy (non-hydrogen) atoms. The SMILES string of the molecule is C=CC1(C(=O)O)CCN(C(=O)OCc2ccccc2)CC1. The molecule has 5 heteroatoms. The molecular formula is C16H19NO4. The van der Waals surface area contributed by atoms with Crippen molar-refractivity contribution in [3.05, 3.63) is 48.6 Å². The number of hydrogen-bond acceptors (Lipinski definition) is 3. The molecule has 0 aliphatic carbocycles. The lowest BCUT2D eigenvalue weighted by Crippen LogP contribution is -2.45. The van der Waals surface area contributed by atoms with Gasteiger partial charge in [-0.1, -0.05) is 36.4 Å². The minimum atomic E-state index is -0.920. The van der Waals surface area contributed by atoms with Gasteiger partial charge in [0, 0.05) is 13.1 Å². The molecule has 1 aliphatic heterocycles. The highest BCUT2D eigenvalue weighted by Crippen LogP contribution is 2.33. The van der Waals surface area contributed by atoms with E-state index in [1.165, 1.54) is 6.08 Å². The summed E-state index contributed by atoms with van der Waals surface area (Å²) in [7, 11) is 0. The van der Waals surface area contributed by atoms with Gasteiger partial charge in [-0.2, -0.15) is 0 Å². The first-order valence-corrected chi connectivity index (χ1v) is 6.90. The molecule has 1 fully saturated rings. The monoisotopic (exact) mass is 289 g/mol. The van der Waals surface area contributed by atoms with Crippen molar-refractivity contribution in [3.8, 4) is 0 Å². The number of piperidine rings is 1. The fourth-order valence-corrected chi connectivity index (χ4v) is 2.40. The van der Waals surface area contributed by atoms with E-state index >= 15 is 0 Å². The van der Waals surface area contributed by atoms with Gasteiger partial charge >= 0.3 is 12.1 Å². The maximum atomic E-state index is 12.0. The lowest BCUT2D eigenvalue weighted by molar-refractivity contribution is -0.148. The van der Waals surface area contributed by atoms with Crippen molar-refractivity contribution in [3.63, 3.8) is 0 Å². The Morgan fingerprint density at radius 3 is 2.43 bits per heavy atom. The van der Waals surface area contributed by atoms with Crippen molar-refractivity contribution in [1.82, 2.24) is 4.90 Å². The van der Waals surface area contributed by atoms with Crippen molar-refractivity contribution in [2.45, 2.75) is 19.4 Å². The van der Waals surface area contributed by atoms with Gasteiger partial charge < -0.3 is 14.7 Å². The molecule has 0 saturated carbocycles. The molecule has 5 nitrogen and oxygen atoms in total. The van der Waals surface area contributed by atoms with Crippen LogP contribution in [-0.4, -0.2) is 35.2 Å². The van der Waals surface area contributed by atoms with E-state index in [1.54, 1.807) is 4.90 Å². The summed E-state index contributed by atoms with van der Waals surface area (Å²) in [6.45, 7) is 4.57. The summed E-state index contributed by atoms with van der Waals surface area (Å²) in [6.07, 6.45) is 1.81. The highest BCUT2D eigenvalue weighted by Gasteiger charge is 2.40. The molecule has 1 heterocycles. The zero-order chi connectivity index (χ0) is 15.3. The molecule has 112 valence electrons. The smallest absolute Gasteiger partial charge is 0.410 e. The summed E-state index contributed by atoms with van der Waals surface area (Å²) in [6, 6.07) is 9.44. The lowest BCUT2D eigenvalue weighted by atomic mass is 9.79. The van der Waals surface area contributed by atoms with Crippen LogP contribution in [0, 0.1) is 5.41 Å². The van der Waals surface area contributed by atoms with Gasteiger partial charge in [0.1, 0.15) is 6.61 Å². The van der Waals surface area contributed by atoms with Gasteiger partial charge in [-0.25, -0.2) is 4.79 Å². The number of amides is 1. The van der Waals surface area contributed by atoms with Crippen LogP contribution in [0.4, 0.5) is 4.79 Å². The maximum Gasteiger partial charge on any atom is 0.410 e. The van der Waals surface area contributed by atoms with E-state index < -0.39 is 17.5 Å². The van der Waals surface area contributed by atoms with Crippen molar-refractivity contribution in [1.29, 1.82) is 0 Å². The molecule has 0 radical (unpaired) electrons. The number of carbonyl (C=O) groups excluding carboxylic acids is 1. The number of aliphatic carboxylic acids is 1. The molecule has 1 aromatic rings. The Bertz CT molecular complexity index is 518. The van der Waals surface area contributed by atoms with Gasteiger partial charge in [0.15, 0.2) is 0 Å². The van der Waals surface area contributed by atoms with Crippen LogP contribution in [0.5, 0.6) is 0 Å². The van der Waals surface area contributed by atoms with E-state index in [0.29, 0.717) is 25.9 Å². The predicted molar refractivity (Wildman–Crippen MR) is 77.7 cm³/mol. The van der Waals surface area contributed by atoms with Gasteiger partial charge in [-0.05, 0) is 18.4 Å². The van der Waals surface area contributed by atoms with Crippen LogP contribution in [-0.2, 0) is 16.1 Å². The second-order valence-electron chi connectivity index (χ2n) is 5.19. The Hall–Kier alpha value is -2.30. The molecule has 2 rings (SSSR count). The van der Waals surface area contributed by atoms with E-state index in [9.17, 15) is 14.7 Å². The number of carbonyl (C=O) groups is 2. The van der Waals surface area contributed by atoms with Crippen LogP contribution in [0.15, 0.2) is 43.0 Å². The van der Waals surface area contributed by atoms with Crippen LogP contribution in [0.1, 0.15) is 18.4 Å². The van der Waals surface area contributed by atoms with Crippen LogP contribution in [0.2, 0.25) is 0 Å².